The lowest BCUT2D eigenvalue weighted by Crippen LogP contribution is -2.55. The number of alkyl halides is 2. The topological polar surface area (TPSA) is 85.2 Å². The molecule has 2 atom stereocenters. The van der Waals surface area contributed by atoms with Gasteiger partial charge < -0.3 is 9.84 Å². The molecule has 2 N–H and O–H groups in total. The zero-order chi connectivity index (χ0) is 16.7. The first-order chi connectivity index (χ1) is 10.8. The number of aliphatic hydroxyl groups is 1. The van der Waals surface area contributed by atoms with Crippen LogP contribution in [0.2, 0.25) is 0 Å². The molecule has 0 heterocycles. The normalized spacial score (nSPS) is 38.8. The van der Waals surface area contributed by atoms with Gasteiger partial charge in [-0.25, -0.2) is 10.1 Å². The molecule has 0 saturated heterocycles. The fourth-order valence-corrected chi connectivity index (χ4v) is 5.64. The third kappa shape index (κ3) is 3.34. The zero-order valence-electron chi connectivity index (χ0n) is 12.5. The lowest BCUT2D eigenvalue weighted by Gasteiger charge is -2.61. The number of esters is 1. The fraction of sp³-hybridized carbons (Fsp3) is 0.929. The van der Waals surface area contributed by atoms with E-state index in [1.807, 2.05) is 0 Å². The van der Waals surface area contributed by atoms with Crippen molar-refractivity contribution in [3.8, 4) is 0 Å². The lowest BCUT2D eigenvalue weighted by molar-refractivity contribution is -0.433. The molecule has 2 unspecified atom stereocenters. The van der Waals surface area contributed by atoms with Crippen LogP contribution >= 0.6 is 12.0 Å². The van der Waals surface area contributed by atoms with Gasteiger partial charge in [0, 0.05) is 12.0 Å². The molecule has 4 rings (SSSR count). The van der Waals surface area contributed by atoms with E-state index in [1.165, 1.54) is 0 Å². The van der Waals surface area contributed by atoms with Crippen LogP contribution in [0.3, 0.4) is 0 Å². The second-order valence-electron chi connectivity index (χ2n) is 7.44. The van der Waals surface area contributed by atoms with Crippen LogP contribution in [-0.4, -0.2) is 34.8 Å². The SMILES string of the molecule is O=C(OCC12CC3CC(CC(CO)(C3)C1)C2)C(F)(F)SOOO. The Morgan fingerprint density at radius 2 is 1.83 bits per heavy atom. The Balaban J connectivity index is 1.63. The van der Waals surface area contributed by atoms with Crippen LogP contribution < -0.4 is 0 Å². The van der Waals surface area contributed by atoms with Crippen molar-refractivity contribution in [1.29, 1.82) is 0 Å². The molecule has 0 aromatic rings. The quantitative estimate of drug-likeness (QED) is 0.315. The maximum absolute atomic E-state index is 13.4. The third-order valence-corrected chi connectivity index (χ3v) is 6.06. The minimum absolute atomic E-state index is 0.0727. The molecule has 0 aromatic carbocycles. The standard InChI is InChI=1S/C14H20F2O6S/c15-14(16,23-22-21-19)11(18)20-8-13-4-9-1-10(5-13)3-12(2-9,6-13)7-17/h9-10,17,19H,1-8H2. The summed E-state index contributed by atoms with van der Waals surface area (Å²) in [7, 11) is 0. The average Bonchev–Trinajstić information content (AvgIpc) is 2.49. The highest BCUT2D eigenvalue weighted by Crippen LogP contribution is 2.65. The van der Waals surface area contributed by atoms with Gasteiger partial charge in [0.15, 0.2) is 0 Å². The fourth-order valence-electron chi connectivity index (χ4n) is 5.40. The first-order valence-corrected chi connectivity index (χ1v) is 8.38. The van der Waals surface area contributed by atoms with Crippen LogP contribution in [0.25, 0.3) is 0 Å². The molecule has 0 spiro atoms. The molecule has 4 saturated carbocycles. The van der Waals surface area contributed by atoms with Crippen molar-refractivity contribution in [2.75, 3.05) is 13.2 Å². The summed E-state index contributed by atoms with van der Waals surface area (Å²) in [6, 6.07) is 0. The molecular formula is C14H20F2O6S. The van der Waals surface area contributed by atoms with Crippen molar-refractivity contribution in [2.24, 2.45) is 22.7 Å². The molecule has 23 heavy (non-hydrogen) atoms. The van der Waals surface area contributed by atoms with Gasteiger partial charge in [-0.2, -0.15) is 8.78 Å². The van der Waals surface area contributed by atoms with Crippen LogP contribution in [0.15, 0.2) is 0 Å². The molecule has 4 aliphatic carbocycles. The van der Waals surface area contributed by atoms with Crippen molar-refractivity contribution in [3.63, 3.8) is 0 Å². The van der Waals surface area contributed by atoms with Gasteiger partial charge in [-0.1, -0.05) is 5.04 Å². The van der Waals surface area contributed by atoms with Crippen LogP contribution in [0.4, 0.5) is 8.78 Å². The average molecular weight is 354 g/mol. The summed E-state index contributed by atoms with van der Waals surface area (Å²) in [6.07, 6.45) is 5.49. The van der Waals surface area contributed by atoms with E-state index < -0.39 is 23.3 Å². The smallest absolute Gasteiger partial charge is 0.415 e. The summed E-state index contributed by atoms with van der Waals surface area (Å²) in [6.45, 7) is 0.0279. The molecule has 0 amide bonds. The highest BCUT2D eigenvalue weighted by molar-refractivity contribution is 7.96. The van der Waals surface area contributed by atoms with Gasteiger partial charge in [0.05, 0.1) is 6.61 Å². The maximum atomic E-state index is 13.4. The van der Waals surface area contributed by atoms with Crippen LogP contribution in [0, 0.1) is 22.7 Å². The minimum Gasteiger partial charge on any atom is -0.460 e. The maximum Gasteiger partial charge on any atom is 0.415 e. The number of halogens is 2. The second kappa shape index (κ2) is 6.11. The van der Waals surface area contributed by atoms with Gasteiger partial charge >= 0.3 is 11.2 Å². The van der Waals surface area contributed by atoms with E-state index >= 15 is 0 Å². The van der Waals surface area contributed by atoms with Gasteiger partial charge in [0.25, 0.3) is 0 Å². The van der Waals surface area contributed by atoms with E-state index in [4.69, 9.17) is 9.99 Å². The third-order valence-electron chi connectivity index (χ3n) is 5.56. The molecule has 0 radical (unpaired) electrons. The van der Waals surface area contributed by atoms with Crippen molar-refractivity contribution in [3.05, 3.63) is 0 Å². The van der Waals surface area contributed by atoms with Gasteiger partial charge in [0.1, 0.15) is 12.0 Å². The van der Waals surface area contributed by atoms with E-state index in [2.05, 4.69) is 9.37 Å². The number of ether oxygens (including phenoxy) is 1. The summed E-state index contributed by atoms with van der Waals surface area (Å²) in [5.41, 5.74) is -0.445. The summed E-state index contributed by atoms with van der Waals surface area (Å²) < 4.78 is 35.4. The molecular weight excluding hydrogens is 334 g/mol. The summed E-state index contributed by atoms with van der Waals surface area (Å²) in [4.78, 5) is 11.6. The molecule has 4 aliphatic rings. The molecule has 6 nitrogen and oxygen atoms in total. The van der Waals surface area contributed by atoms with E-state index in [1.54, 1.807) is 0 Å². The number of rotatable bonds is 7. The highest BCUT2D eigenvalue weighted by Gasteiger charge is 2.58. The van der Waals surface area contributed by atoms with Crippen molar-refractivity contribution in [2.45, 2.75) is 43.8 Å². The van der Waals surface area contributed by atoms with Crippen molar-refractivity contribution in [1.82, 2.24) is 0 Å². The predicted molar refractivity (Wildman–Crippen MR) is 74.9 cm³/mol. The Kier molecular flexibility index (Phi) is 4.61. The van der Waals surface area contributed by atoms with Gasteiger partial charge in [-0.3, -0.25) is 0 Å². The number of carbonyl (C=O) groups excluding carboxylic acids is 1. The highest BCUT2D eigenvalue weighted by atomic mass is 32.2. The first-order valence-electron chi connectivity index (χ1n) is 7.64. The number of carbonyl (C=O) groups is 1. The molecule has 4 fully saturated rings. The molecule has 132 valence electrons. The van der Waals surface area contributed by atoms with Gasteiger partial charge in [-0.05, 0) is 55.8 Å². The van der Waals surface area contributed by atoms with E-state index in [9.17, 15) is 18.7 Å². The Morgan fingerprint density at radius 1 is 1.22 bits per heavy atom. The lowest BCUT2D eigenvalue weighted by atomic mass is 9.44. The van der Waals surface area contributed by atoms with Crippen LogP contribution in [0.5, 0.6) is 0 Å². The van der Waals surface area contributed by atoms with Crippen LogP contribution in [0.1, 0.15) is 38.5 Å². The van der Waals surface area contributed by atoms with Gasteiger partial charge in [0.2, 0.25) is 0 Å². The number of hydrogen-bond donors (Lipinski definition) is 2. The summed E-state index contributed by atoms with van der Waals surface area (Å²) >= 11 is -0.613. The molecule has 4 bridgehead atoms. The minimum atomic E-state index is -3.96. The largest absolute Gasteiger partial charge is 0.460 e. The van der Waals surface area contributed by atoms with E-state index in [0.29, 0.717) is 18.3 Å². The zero-order valence-corrected chi connectivity index (χ0v) is 13.3. The first kappa shape index (κ1) is 17.3. The van der Waals surface area contributed by atoms with Crippen molar-refractivity contribution >= 4 is 18.0 Å². The Bertz CT molecular complexity index is 460. The van der Waals surface area contributed by atoms with Crippen molar-refractivity contribution < 1.29 is 38.0 Å². The van der Waals surface area contributed by atoms with E-state index in [0.717, 1.165) is 32.1 Å². The van der Waals surface area contributed by atoms with E-state index in [-0.39, 0.29) is 24.0 Å². The van der Waals surface area contributed by atoms with Gasteiger partial charge in [-0.15, -0.1) is 4.33 Å². The molecule has 9 heteroatoms. The molecule has 0 aromatic heterocycles. The van der Waals surface area contributed by atoms with Crippen LogP contribution in [-0.2, 0) is 18.9 Å². The predicted octanol–water partition coefficient (Wildman–Crippen LogP) is 2.77. The monoisotopic (exact) mass is 354 g/mol. The Labute approximate surface area is 136 Å². The second-order valence-corrected chi connectivity index (χ2v) is 8.25. The number of aliphatic hydroxyl groups excluding tert-OH is 1. The summed E-state index contributed by atoms with van der Waals surface area (Å²) in [5.74, 6) is -0.764. The summed E-state index contributed by atoms with van der Waals surface area (Å²) in [5, 5.41) is 16.8. The number of hydrogen-bond acceptors (Lipinski definition) is 7. The Hall–Kier alpha value is -0.480. The Morgan fingerprint density at radius 3 is 2.39 bits per heavy atom. The molecule has 0 aliphatic heterocycles.